The van der Waals surface area contributed by atoms with E-state index < -0.39 is 0 Å². The van der Waals surface area contributed by atoms with Gasteiger partial charge in [-0.3, -0.25) is 0 Å². The zero-order valence-electron chi connectivity index (χ0n) is 13.8. The first-order chi connectivity index (χ1) is 12.1. The highest BCUT2D eigenvalue weighted by atomic mass is 19.1. The Hall–Kier alpha value is -3.21. The summed E-state index contributed by atoms with van der Waals surface area (Å²) in [6.45, 7) is 4.31. The van der Waals surface area contributed by atoms with Gasteiger partial charge in [0, 0.05) is 24.4 Å². The van der Waals surface area contributed by atoms with Crippen LogP contribution >= 0.6 is 0 Å². The third-order valence-electron chi connectivity index (χ3n) is 3.44. The molecule has 0 radical (unpaired) electrons. The molecule has 0 atom stereocenters. The molecular formula is C17H16FN5O2. The van der Waals surface area contributed by atoms with E-state index in [4.69, 9.17) is 14.2 Å². The standard InChI is InChI=1S/C17H16FN5O2/c1-10(2)16-21-13(9-19)17(24-16)20-8-7-14-22-15(23-25-14)11-3-5-12(18)6-4-11/h3-6,10,20H,7-8H2,1-2H3. The van der Waals surface area contributed by atoms with Crippen molar-refractivity contribution in [3.8, 4) is 17.5 Å². The van der Waals surface area contributed by atoms with Gasteiger partial charge in [0.25, 0.3) is 0 Å². The Morgan fingerprint density at radius 2 is 2.00 bits per heavy atom. The number of hydrogen-bond donors (Lipinski definition) is 1. The van der Waals surface area contributed by atoms with Crippen molar-refractivity contribution in [1.82, 2.24) is 15.1 Å². The second-order valence-corrected chi connectivity index (χ2v) is 5.69. The monoisotopic (exact) mass is 341 g/mol. The van der Waals surface area contributed by atoms with Crippen LogP contribution in [0.3, 0.4) is 0 Å². The number of nitrogens with one attached hydrogen (secondary N) is 1. The van der Waals surface area contributed by atoms with Gasteiger partial charge >= 0.3 is 0 Å². The minimum absolute atomic E-state index is 0.0943. The van der Waals surface area contributed by atoms with Gasteiger partial charge in [0.05, 0.1) is 0 Å². The van der Waals surface area contributed by atoms with Crippen LogP contribution in [0.1, 0.15) is 37.2 Å². The summed E-state index contributed by atoms with van der Waals surface area (Å²) in [5, 5.41) is 16.0. The van der Waals surface area contributed by atoms with Crippen LogP contribution in [-0.4, -0.2) is 21.7 Å². The summed E-state index contributed by atoms with van der Waals surface area (Å²) in [5.74, 6) is 1.44. The molecule has 0 spiro atoms. The summed E-state index contributed by atoms with van der Waals surface area (Å²) in [7, 11) is 0. The Kier molecular flexibility index (Phi) is 4.75. The van der Waals surface area contributed by atoms with Gasteiger partial charge in [-0.2, -0.15) is 10.2 Å². The molecule has 7 nitrogen and oxygen atoms in total. The van der Waals surface area contributed by atoms with Crippen molar-refractivity contribution < 1.29 is 13.3 Å². The molecule has 25 heavy (non-hydrogen) atoms. The molecule has 3 aromatic rings. The summed E-state index contributed by atoms with van der Waals surface area (Å²) >= 11 is 0. The Morgan fingerprint density at radius 1 is 1.24 bits per heavy atom. The third kappa shape index (κ3) is 3.83. The Balaban J connectivity index is 1.62. The molecule has 128 valence electrons. The maximum atomic E-state index is 12.9. The van der Waals surface area contributed by atoms with Crippen molar-refractivity contribution in [2.45, 2.75) is 26.2 Å². The number of hydrogen-bond acceptors (Lipinski definition) is 7. The molecule has 1 aromatic carbocycles. The van der Waals surface area contributed by atoms with Gasteiger partial charge in [-0.15, -0.1) is 0 Å². The largest absolute Gasteiger partial charge is 0.424 e. The topological polar surface area (TPSA) is 101 Å². The number of nitrogens with zero attached hydrogens (tertiary/aromatic N) is 4. The Labute approximate surface area is 143 Å². The molecule has 3 rings (SSSR count). The Bertz CT molecular complexity index is 893. The number of benzene rings is 1. The smallest absolute Gasteiger partial charge is 0.232 e. The van der Waals surface area contributed by atoms with Crippen LogP contribution in [0.5, 0.6) is 0 Å². The van der Waals surface area contributed by atoms with E-state index in [9.17, 15) is 4.39 Å². The fraction of sp³-hybridized carbons (Fsp3) is 0.294. The fourth-order valence-corrected chi connectivity index (χ4v) is 2.13. The van der Waals surface area contributed by atoms with E-state index in [1.165, 1.54) is 12.1 Å². The molecule has 2 heterocycles. The molecule has 0 saturated carbocycles. The number of rotatable bonds is 6. The quantitative estimate of drug-likeness (QED) is 0.732. The molecule has 2 aromatic heterocycles. The molecule has 0 aliphatic carbocycles. The van der Waals surface area contributed by atoms with Crippen LogP contribution in [0.15, 0.2) is 33.2 Å². The lowest BCUT2D eigenvalue weighted by molar-refractivity contribution is 0.380. The summed E-state index contributed by atoms with van der Waals surface area (Å²) in [5.41, 5.74) is 0.897. The number of nitriles is 1. The lowest BCUT2D eigenvalue weighted by atomic mass is 10.2. The van der Waals surface area contributed by atoms with Gasteiger partial charge < -0.3 is 14.3 Å². The van der Waals surface area contributed by atoms with Gasteiger partial charge in [0.15, 0.2) is 0 Å². The highest BCUT2D eigenvalue weighted by Gasteiger charge is 2.15. The zero-order valence-corrected chi connectivity index (χ0v) is 13.8. The van der Waals surface area contributed by atoms with Gasteiger partial charge in [-0.05, 0) is 24.3 Å². The van der Waals surface area contributed by atoms with Crippen LogP contribution in [0.25, 0.3) is 11.4 Å². The molecule has 0 bridgehead atoms. The molecule has 0 amide bonds. The highest BCUT2D eigenvalue weighted by molar-refractivity contribution is 5.53. The lowest BCUT2D eigenvalue weighted by Crippen LogP contribution is -2.05. The lowest BCUT2D eigenvalue weighted by Gasteiger charge is -2.00. The first-order valence-electron chi connectivity index (χ1n) is 7.80. The second kappa shape index (κ2) is 7.13. The fourth-order valence-electron chi connectivity index (χ4n) is 2.13. The maximum absolute atomic E-state index is 12.9. The minimum atomic E-state index is -0.321. The van der Waals surface area contributed by atoms with E-state index in [-0.39, 0.29) is 17.4 Å². The SMILES string of the molecule is CC(C)c1nc(C#N)c(NCCc2nc(-c3ccc(F)cc3)no2)o1. The van der Waals surface area contributed by atoms with Crippen LogP contribution in [0.2, 0.25) is 0 Å². The second-order valence-electron chi connectivity index (χ2n) is 5.69. The van der Waals surface area contributed by atoms with E-state index in [1.807, 2.05) is 19.9 Å². The first-order valence-corrected chi connectivity index (χ1v) is 7.80. The van der Waals surface area contributed by atoms with Gasteiger partial charge in [-0.25, -0.2) is 9.37 Å². The van der Waals surface area contributed by atoms with E-state index in [2.05, 4.69) is 20.4 Å². The molecule has 1 N–H and O–H groups in total. The molecule has 0 fully saturated rings. The van der Waals surface area contributed by atoms with Crippen LogP contribution in [-0.2, 0) is 6.42 Å². The minimum Gasteiger partial charge on any atom is -0.424 e. The summed E-state index contributed by atoms with van der Waals surface area (Å²) in [6.07, 6.45) is 0.441. The predicted octanol–water partition coefficient (Wildman–Crippen LogP) is 3.51. The van der Waals surface area contributed by atoms with Gasteiger partial charge in [-0.1, -0.05) is 19.0 Å². The zero-order chi connectivity index (χ0) is 17.8. The van der Waals surface area contributed by atoms with Crippen LogP contribution in [0, 0.1) is 17.1 Å². The van der Waals surface area contributed by atoms with Gasteiger partial charge in [0.2, 0.25) is 29.2 Å². The summed E-state index contributed by atoms with van der Waals surface area (Å²) in [4.78, 5) is 8.40. The van der Waals surface area contributed by atoms with Gasteiger partial charge in [0.1, 0.15) is 11.9 Å². The number of aromatic nitrogens is 3. The average molecular weight is 341 g/mol. The van der Waals surface area contributed by atoms with Crippen molar-refractivity contribution in [3.05, 3.63) is 47.6 Å². The number of anilines is 1. The molecule has 0 aliphatic heterocycles. The van der Waals surface area contributed by atoms with Crippen molar-refractivity contribution in [3.63, 3.8) is 0 Å². The predicted molar refractivity (Wildman–Crippen MR) is 87.2 cm³/mol. The first kappa shape index (κ1) is 16.6. The molecule has 0 saturated heterocycles. The van der Waals surface area contributed by atoms with E-state index in [1.54, 1.807) is 12.1 Å². The normalized spacial score (nSPS) is 10.8. The van der Waals surface area contributed by atoms with E-state index >= 15 is 0 Å². The van der Waals surface area contributed by atoms with Crippen LogP contribution < -0.4 is 5.32 Å². The highest BCUT2D eigenvalue weighted by Crippen LogP contribution is 2.22. The van der Waals surface area contributed by atoms with Crippen molar-refractivity contribution >= 4 is 5.88 Å². The Morgan fingerprint density at radius 3 is 2.68 bits per heavy atom. The number of oxazole rings is 1. The molecule has 0 unspecified atom stereocenters. The maximum Gasteiger partial charge on any atom is 0.232 e. The molecular weight excluding hydrogens is 325 g/mol. The third-order valence-corrected chi connectivity index (χ3v) is 3.44. The van der Waals surface area contributed by atoms with E-state index in [0.29, 0.717) is 42.0 Å². The average Bonchev–Trinajstić information content (AvgIpc) is 3.23. The summed E-state index contributed by atoms with van der Waals surface area (Å²) in [6, 6.07) is 7.85. The summed E-state index contributed by atoms with van der Waals surface area (Å²) < 4.78 is 23.7. The van der Waals surface area contributed by atoms with Crippen molar-refractivity contribution in [2.75, 3.05) is 11.9 Å². The molecule has 8 heteroatoms. The van der Waals surface area contributed by atoms with Crippen molar-refractivity contribution in [1.29, 1.82) is 5.26 Å². The molecule has 0 aliphatic rings. The van der Waals surface area contributed by atoms with Crippen molar-refractivity contribution in [2.24, 2.45) is 0 Å². The van der Waals surface area contributed by atoms with E-state index in [0.717, 1.165) is 0 Å². The van der Waals surface area contributed by atoms with Crippen LogP contribution in [0.4, 0.5) is 10.3 Å². The number of halogens is 1.